The highest BCUT2D eigenvalue weighted by Gasteiger charge is 2.19. The van der Waals surface area contributed by atoms with E-state index in [2.05, 4.69) is 47.8 Å². The van der Waals surface area contributed by atoms with Gasteiger partial charge in [0.25, 0.3) is 0 Å². The van der Waals surface area contributed by atoms with Crippen molar-refractivity contribution in [3.8, 4) is 5.75 Å². The molecule has 152 valence electrons. The van der Waals surface area contributed by atoms with E-state index in [-0.39, 0.29) is 0 Å². The number of aliphatic imine (C=N–C) groups is 1. The molecule has 1 aliphatic rings. The van der Waals surface area contributed by atoms with E-state index >= 15 is 0 Å². The molecule has 0 aliphatic carbocycles. The van der Waals surface area contributed by atoms with Crippen LogP contribution in [-0.4, -0.2) is 67.1 Å². The number of benzene rings is 1. The van der Waals surface area contributed by atoms with E-state index in [1.54, 1.807) is 7.11 Å². The minimum absolute atomic E-state index is 0.815. The van der Waals surface area contributed by atoms with Crippen LogP contribution >= 0.6 is 0 Å². The second-order valence-electron chi connectivity index (χ2n) is 7.09. The molecule has 7 nitrogen and oxygen atoms in total. The molecule has 1 fully saturated rings. The molecule has 3 aromatic rings. The summed E-state index contributed by atoms with van der Waals surface area (Å²) in [5.74, 6) is 1.85. The zero-order valence-electron chi connectivity index (χ0n) is 17.1. The molecule has 1 saturated heterocycles. The lowest BCUT2D eigenvalue weighted by atomic mass is 10.2. The molecule has 4 rings (SSSR count). The molecule has 0 bridgehead atoms. The van der Waals surface area contributed by atoms with Gasteiger partial charge in [0.1, 0.15) is 11.4 Å². The minimum Gasteiger partial charge on any atom is -0.497 e. The molecule has 0 saturated carbocycles. The van der Waals surface area contributed by atoms with Crippen molar-refractivity contribution in [2.45, 2.75) is 6.42 Å². The van der Waals surface area contributed by atoms with Gasteiger partial charge in [-0.15, -0.1) is 0 Å². The summed E-state index contributed by atoms with van der Waals surface area (Å²) in [5.41, 5.74) is 3.31. The number of imidazole rings is 1. The normalized spacial score (nSPS) is 15.0. The van der Waals surface area contributed by atoms with E-state index < -0.39 is 0 Å². The van der Waals surface area contributed by atoms with Crippen molar-refractivity contribution in [2.75, 3.05) is 51.8 Å². The highest BCUT2D eigenvalue weighted by molar-refractivity contribution is 5.80. The number of nitrogens with zero attached hydrogens (tertiary/aromatic N) is 5. The predicted molar refractivity (Wildman–Crippen MR) is 117 cm³/mol. The van der Waals surface area contributed by atoms with Crippen molar-refractivity contribution in [1.29, 1.82) is 0 Å². The Morgan fingerprint density at radius 3 is 2.59 bits per heavy atom. The van der Waals surface area contributed by atoms with Crippen LogP contribution in [0.2, 0.25) is 0 Å². The molecule has 0 atom stereocenters. The van der Waals surface area contributed by atoms with Crippen molar-refractivity contribution in [3.63, 3.8) is 0 Å². The Labute approximate surface area is 171 Å². The molecule has 1 aromatic carbocycles. The van der Waals surface area contributed by atoms with E-state index in [4.69, 9.17) is 4.74 Å². The van der Waals surface area contributed by atoms with E-state index in [0.717, 1.165) is 62.2 Å². The van der Waals surface area contributed by atoms with E-state index in [1.807, 2.05) is 43.6 Å². The van der Waals surface area contributed by atoms with Crippen molar-refractivity contribution < 1.29 is 4.74 Å². The third-order valence-electron chi connectivity index (χ3n) is 5.31. The number of guanidine groups is 1. The Balaban J connectivity index is 1.27. The number of fused-ring (bicyclic) bond motifs is 1. The zero-order valence-corrected chi connectivity index (χ0v) is 17.1. The molecule has 0 amide bonds. The highest BCUT2D eigenvalue weighted by Crippen LogP contribution is 2.20. The molecule has 1 aliphatic heterocycles. The zero-order chi connectivity index (χ0) is 20.1. The van der Waals surface area contributed by atoms with Crippen LogP contribution < -0.4 is 15.0 Å². The number of rotatable bonds is 5. The molecule has 7 heteroatoms. The van der Waals surface area contributed by atoms with Gasteiger partial charge < -0.3 is 24.3 Å². The quantitative estimate of drug-likeness (QED) is 0.533. The van der Waals surface area contributed by atoms with Crippen molar-refractivity contribution in [2.24, 2.45) is 4.99 Å². The van der Waals surface area contributed by atoms with Crippen molar-refractivity contribution in [1.82, 2.24) is 19.6 Å². The van der Waals surface area contributed by atoms with Crippen molar-refractivity contribution in [3.05, 3.63) is 60.6 Å². The van der Waals surface area contributed by atoms with Crippen molar-refractivity contribution >= 4 is 17.3 Å². The van der Waals surface area contributed by atoms with Gasteiger partial charge in [0.2, 0.25) is 0 Å². The average Bonchev–Trinajstić information content (AvgIpc) is 3.20. The number of anilines is 1. The molecular weight excluding hydrogens is 364 g/mol. The van der Waals surface area contributed by atoms with Crippen LogP contribution in [0.1, 0.15) is 5.69 Å². The maximum Gasteiger partial charge on any atom is 0.193 e. The van der Waals surface area contributed by atoms with Gasteiger partial charge in [-0.05, 0) is 36.4 Å². The van der Waals surface area contributed by atoms with Crippen LogP contribution in [0.3, 0.4) is 0 Å². The first-order chi connectivity index (χ1) is 14.3. The molecule has 2 aromatic heterocycles. The summed E-state index contributed by atoms with van der Waals surface area (Å²) >= 11 is 0. The summed E-state index contributed by atoms with van der Waals surface area (Å²) in [5, 5.41) is 3.49. The summed E-state index contributed by atoms with van der Waals surface area (Å²) in [6.45, 7) is 4.65. The number of nitrogens with one attached hydrogen (secondary N) is 1. The smallest absolute Gasteiger partial charge is 0.193 e. The predicted octanol–water partition coefficient (Wildman–Crippen LogP) is 2.28. The number of methoxy groups -OCH3 is 1. The maximum atomic E-state index is 5.25. The molecule has 1 N–H and O–H groups in total. The fourth-order valence-electron chi connectivity index (χ4n) is 3.71. The van der Waals surface area contributed by atoms with Gasteiger partial charge in [-0.2, -0.15) is 0 Å². The summed E-state index contributed by atoms with van der Waals surface area (Å²) in [7, 11) is 3.55. The second-order valence-corrected chi connectivity index (χ2v) is 7.09. The van der Waals surface area contributed by atoms with Crippen LogP contribution in [-0.2, 0) is 6.42 Å². The number of piperazine rings is 1. The topological polar surface area (TPSA) is 57.4 Å². The van der Waals surface area contributed by atoms with Crippen LogP contribution in [0.25, 0.3) is 5.65 Å². The lowest BCUT2D eigenvalue weighted by Crippen LogP contribution is -2.52. The van der Waals surface area contributed by atoms with E-state index in [0.29, 0.717) is 0 Å². The van der Waals surface area contributed by atoms with Crippen LogP contribution in [0, 0.1) is 0 Å². The van der Waals surface area contributed by atoms with Crippen LogP contribution in [0.15, 0.2) is 59.9 Å². The van der Waals surface area contributed by atoms with Gasteiger partial charge in [-0.3, -0.25) is 4.99 Å². The van der Waals surface area contributed by atoms with Crippen LogP contribution in [0.5, 0.6) is 5.75 Å². The standard InChI is InChI=1S/C22H28N6O/c1-23-22(24-11-10-18-17-28-12-4-3-5-21(28)25-18)27-15-13-26(14-16-27)19-6-8-20(29-2)9-7-19/h3-9,12,17H,10-11,13-16H2,1-2H3,(H,23,24). The molecule has 29 heavy (non-hydrogen) atoms. The molecular formula is C22H28N6O. The molecule has 3 heterocycles. The Hall–Kier alpha value is -3.22. The van der Waals surface area contributed by atoms with Gasteiger partial charge in [0.15, 0.2) is 5.96 Å². The van der Waals surface area contributed by atoms with Gasteiger partial charge in [0, 0.05) is 64.3 Å². The number of hydrogen-bond donors (Lipinski definition) is 1. The van der Waals surface area contributed by atoms with E-state index in [1.165, 1.54) is 5.69 Å². The monoisotopic (exact) mass is 392 g/mol. The van der Waals surface area contributed by atoms with Gasteiger partial charge in [-0.1, -0.05) is 6.07 Å². The summed E-state index contributed by atoms with van der Waals surface area (Å²) in [6.07, 6.45) is 4.99. The highest BCUT2D eigenvalue weighted by atomic mass is 16.5. The fraction of sp³-hybridized carbons (Fsp3) is 0.364. The minimum atomic E-state index is 0.815. The second kappa shape index (κ2) is 8.86. The largest absolute Gasteiger partial charge is 0.497 e. The summed E-state index contributed by atoms with van der Waals surface area (Å²) < 4.78 is 7.31. The molecule has 0 radical (unpaired) electrons. The van der Waals surface area contributed by atoms with E-state index in [9.17, 15) is 0 Å². The lowest BCUT2D eigenvalue weighted by Gasteiger charge is -2.37. The third kappa shape index (κ3) is 4.45. The van der Waals surface area contributed by atoms with Gasteiger partial charge >= 0.3 is 0 Å². The Morgan fingerprint density at radius 2 is 1.90 bits per heavy atom. The number of hydrogen-bond acceptors (Lipinski definition) is 4. The average molecular weight is 393 g/mol. The SMILES string of the molecule is CN=C(NCCc1cn2ccccc2n1)N1CCN(c2ccc(OC)cc2)CC1. The number of ether oxygens (including phenoxy) is 1. The first-order valence-corrected chi connectivity index (χ1v) is 10.0. The lowest BCUT2D eigenvalue weighted by molar-refractivity contribution is 0.372. The Bertz CT molecular complexity index is 924. The van der Waals surface area contributed by atoms with Gasteiger partial charge in [-0.25, -0.2) is 4.98 Å². The Morgan fingerprint density at radius 1 is 1.10 bits per heavy atom. The fourth-order valence-corrected chi connectivity index (χ4v) is 3.71. The Kier molecular flexibility index (Phi) is 5.84. The first-order valence-electron chi connectivity index (χ1n) is 10.0. The first kappa shape index (κ1) is 19.1. The van der Waals surface area contributed by atoms with Gasteiger partial charge in [0.05, 0.1) is 12.8 Å². The molecule has 0 spiro atoms. The number of pyridine rings is 1. The maximum absolute atomic E-state index is 5.25. The number of aromatic nitrogens is 2. The molecule has 0 unspecified atom stereocenters. The summed E-state index contributed by atoms with van der Waals surface area (Å²) in [4.78, 5) is 13.9. The third-order valence-corrected chi connectivity index (χ3v) is 5.31. The summed E-state index contributed by atoms with van der Waals surface area (Å²) in [6, 6.07) is 14.3. The van der Waals surface area contributed by atoms with Crippen LogP contribution in [0.4, 0.5) is 5.69 Å².